The highest BCUT2D eigenvalue weighted by molar-refractivity contribution is 6.05. The molecule has 2 heterocycles. The third-order valence-corrected chi connectivity index (χ3v) is 5.59. The van der Waals surface area contributed by atoms with Crippen molar-refractivity contribution in [2.75, 3.05) is 43.0 Å². The van der Waals surface area contributed by atoms with Crippen LogP contribution >= 0.6 is 0 Å². The molecule has 2 aliphatic rings. The molecule has 0 atom stereocenters. The molecule has 0 unspecified atom stereocenters. The van der Waals surface area contributed by atoms with Gasteiger partial charge in [0.15, 0.2) is 6.61 Å². The van der Waals surface area contributed by atoms with Crippen LogP contribution in [0.1, 0.15) is 29.6 Å². The average Bonchev–Trinajstić information content (AvgIpc) is 2.79. The van der Waals surface area contributed by atoms with E-state index in [0.29, 0.717) is 29.2 Å². The van der Waals surface area contributed by atoms with E-state index < -0.39 is 10.8 Å². The first-order valence-electron chi connectivity index (χ1n) is 10.4. The largest absolute Gasteiger partial charge is 0.482 e. The standard InChI is InChI=1S/C22H24N4O5/c27-21-15-31-20-9-6-17(23-22(28)16-4-7-18(8-5-16)26(29)30)14-19(20)25(21)13-12-24-10-2-1-3-11-24/h4-9,14H,1-3,10-13,15H2,(H,23,28). The second-order valence-electron chi connectivity index (χ2n) is 7.68. The maximum Gasteiger partial charge on any atom is 0.269 e. The summed E-state index contributed by atoms with van der Waals surface area (Å²) in [5, 5.41) is 13.6. The summed E-state index contributed by atoms with van der Waals surface area (Å²) in [6.45, 7) is 3.47. The van der Waals surface area contributed by atoms with Crippen molar-refractivity contribution in [1.29, 1.82) is 0 Å². The number of nitrogens with zero attached hydrogens (tertiary/aromatic N) is 3. The molecule has 0 saturated carbocycles. The van der Waals surface area contributed by atoms with E-state index in [0.717, 1.165) is 19.6 Å². The Morgan fingerprint density at radius 3 is 2.52 bits per heavy atom. The fraction of sp³-hybridized carbons (Fsp3) is 0.364. The lowest BCUT2D eigenvalue weighted by Crippen LogP contribution is -2.44. The maximum atomic E-state index is 12.5. The molecule has 2 amide bonds. The van der Waals surface area contributed by atoms with Crippen LogP contribution in [0.5, 0.6) is 5.75 Å². The lowest BCUT2D eigenvalue weighted by Gasteiger charge is -2.33. The van der Waals surface area contributed by atoms with Gasteiger partial charge in [-0.05, 0) is 56.3 Å². The van der Waals surface area contributed by atoms with Crippen molar-refractivity contribution in [3.8, 4) is 5.75 Å². The molecule has 1 N–H and O–H groups in total. The number of non-ortho nitro benzene ring substituents is 1. The number of piperidine rings is 1. The zero-order chi connectivity index (χ0) is 21.8. The van der Waals surface area contributed by atoms with E-state index in [9.17, 15) is 19.7 Å². The van der Waals surface area contributed by atoms with Gasteiger partial charge >= 0.3 is 0 Å². The van der Waals surface area contributed by atoms with Crippen molar-refractivity contribution in [3.05, 3.63) is 58.1 Å². The highest BCUT2D eigenvalue weighted by Crippen LogP contribution is 2.34. The van der Waals surface area contributed by atoms with Crippen LogP contribution in [0, 0.1) is 10.1 Å². The Labute approximate surface area is 179 Å². The molecule has 0 radical (unpaired) electrons. The van der Waals surface area contributed by atoms with Crippen molar-refractivity contribution in [3.63, 3.8) is 0 Å². The fourth-order valence-electron chi connectivity index (χ4n) is 3.89. The topological polar surface area (TPSA) is 105 Å². The third-order valence-electron chi connectivity index (χ3n) is 5.59. The zero-order valence-corrected chi connectivity index (χ0v) is 17.1. The maximum absolute atomic E-state index is 12.5. The van der Waals surface area contributed by atoms with Gasteiger partial charge in [0.25, 0.3) is 17.5 Å². The van der Waals surface area contributed by atoms with Crippen LogP contribution in [0.2, 0.25) is 0 Å². The number of carbonyl (C=O) groups is 2. The van der Waals surface area contributed by atoms with Crippen molar-refractivity contribution < 1.29 is 19.2 Å². The van der Waals surface area contributed by atoms with Gasteiger partial charge in [-0.1, -0.05) is 6.42 Å². The van der Waals surface area contributed by atoms with E-state index in [1.807, 2.05) is 0 Å². The van der Waals surface area contributed by atoms with Crippen molar-refractivity contribution >= 4 is 28.9 Å². The molecule has 0 aromatic heterocycles. The van der Waals surface area contributed by atoms with Gasteiger partial charge in [-0.15, -0.1) is 0 Å². The highest BCUT2D eigenvalue weighted by atomic mass is 16.6. The van der Waals surface area contributed by atoms with E-state index in [1.165, 1.54) is 43.5 Å². The molecule has 4 rings (SSSR count). The Hall–Kier alpha value is -3.46. The van der Waals surface area contributed by atoms with Crippen LogP contribution in [0.4, 0.5) is 17.1 Å². The van der Waals surface area contributed by atoms with E-state index in [1.54, 1.807) is 23.1 Å². The molecule has 0 spiro atoms. The first kappa shape index (κ1) is 20.8. The molecule has 2 aliphatic heterocycles. The normalized spacial score (nSPS) is 16.4. The Balaban J connectivity index is 1.47. The fourth-order valence-corrected chi connectivity index (χ4v) is 3.89. The van der Waals surface area contributed by atoms with Gasteiger partial charge in [0.05, 0.1) is 10.6 Å². The minimum Gasteiger partial charge on any atom is -0.482 e. The molecule has 2 aromatic rings. The lowest BCUT2D eigenvalue weighted by atomic mass is 10.1. The molecule has 9 heteroatoms. The molecular weight excluding hydrogens is 400 g/mol. The van der Waals surface area contributed by atoms with Crippen molar-refractivity contribution in [1.82, 2.24) is 4.90 Å². The number of nitrogens with one attached hydrogen (secondary N) is 1. The van der Waals surface area contributed by atoms with Crippen molar-refractivity contribution in [2.45, 2.75) is 19.3 Å². The van der Waals surface area contributed by atoms with E-state index >= 15 is 0 Å². The van der Waals surface area contributed by atoms with Crippen molar-refractivity contribution in [2.24, 2.45) is 0 Å². The second-order valence-corrected chi connectivity index (χ2v) is 7.68. The number of likely N-dealkylation sites (tertiary alicyclic amines) is 1. The first-order valence-corrected chi connectivity index (χ1v) is 10.4. The molecule has 0 bridgehead atoms. The van der Waals surface area contributed by atoms with Gasteiger partial charge in [-0.3, -0.25) is 19.7 Å². The number of ether oxygens (including phenoxy) is 1. The highest BCUT2D eigenvalue weighted by Gasteiger charge is 2.26. The van der Waals surface area contributed by atoms with Crippen LogP contribution in [-0.4, -0.2) is 54.4 Å². The number of nitro benzene ring substituents is 1. The zero-order valence-electron chi connectivity index (χ0n) is 17.1. The summed E-state index contributed by atoms with van der Waals surface area (Å²) in [6.07, 6.45) is 3.63. The number of amides is 2. The number of benzene rings is 2. The quantitative estimate of drug-likeness (QED) is 0.564. The smallest absolute Gasteiger partial charge is 0.269 e. The number of hydrogen-bond acceptors (Lipinski definition) is 6. The second kappa shape index (κ2) is 9.13. The number of fused-ring (bicyclic) bond motifs is 1. The molecule has 31 heavy (non-hydrogen) atoms. The molecule has 1 saturated heterocycles. The predicted octanol–water partition coefficient (Wildman–Crippen LogP) is 3.06. The summed E-state index contributed by atoms with van der Waals surface area (Å²) in [7, 11) is 0. The van der Waals surface area contributed by atoms with Crippen LogP contribution in [0.15, 0.2) is 42.5 Å². The van der Waals surface area contributed by atoms with Gasteiger partial charge in [-0.25, -0.2) is 0 Å². The molecule has 1 fully saturated rings. The van der Waals surface area contributed by atoms with Gasteiger partial charge in [0.2, 0.25) is 0 Å². The van der Waals surface area contributed by atoms with Crippen LogP contribution in [0.25, 0.3) is 0 Å². The van der Waals surface area contributed by atoms with Gasteiger partial charge < -0.3 is 19.9 Å². The summed E-state index contributed by atoms with van der Waals surface area (Å²) in [5.74, 6) is 0.104. The Bertz CT molecular complexity index is 986. The summed E-state index contributed by atoms with van der Waals surface area (Å²) >= 11 is 0. The monoisotopic (exact) mass is 424 g/mol. The van der Waals surface area contributed by atoms with Crippen LogP contribution in [0.3, 0.4) is 0 Å². The number of nitro groups is 1. The van der Waals surface area contributed by atoms with Crippen LogP contribution < -0.4 is 15.0 Å². The first-order chi connectivity index (χ1) is 15.0. The van der Waals surface area contributed by atoms with Gasteiger partial charge in [-0.2, -0.15) is 0 Å². The predicted molar refractivity (Wildman–Crippen MR) is 116 cm³/mol. The van der Waals surface area contributed by atoms with E-state index in [2.05, 4.69) is 10.2 Å². The Morgan fingerprint density at radius 2 is 1.81 bits per heavy atom. The third kappa shape index (κ3) is 4.83. The Kier molecular flexibility index (Phi) is 6.13. The lowest BCUT2D eigenvalue weighted by molar-refractivity contribution is -0.384. The summed E-state index contributed by atoms with van der Waals surface area (Å²) in [5.41, 5.74) is 1.38. The van der Waals surface area contributed by atoms with Gasteiger partial charge in [0.1, 0.15) is 5.75 Å². The number of carbonyl (C=O) groups excluding carboxylic acids is 2. The molecule has 0 aliphatic carbocycles. The molecular formula is C22H24N4O5. The minimum absolute atomic E-state index is 0.00149. The summed E-state index contributed by atoms with van der Waals surface area (Å²) < 4.78 is 5.56. The number of anilines is 2. The summed E-state index contributed by atoms with van der Waals surface area (Å²) in [4.78, 5) is 39.4. The minimum atomic E-state index is -0.513. The SMILES string of the molecule is O=C(Nc1ccc2c(c1)N(CCN1CCCCC1)C(=O)CO2)c1ccc([N+](=O)[O-])cc1. The van der Waals surface area contributed by atoms with Crippen LogP contribution in [-0.2, 0) is 4.79 Å². The molecule has 2 aromatic carbocycles. The Morgan fingerprint density at radius 1 is 1.06 bits per heavy atom. The number of hydrogen-bond donors (Lipinski definition) is 1. The number of rotatable bonds is 6. The average molecular weight is 424 g/mol. The molecule has 162 valence electrons. The van der Waals surface area contributed by atoms with E-state index in [-0.39, 0.29) is 18.2 Å². The molecule has 9 nitrogen and oxygen atoms in total. The summed E-state index contributed by atoms with van der Waals surface area (Å²) in [6, 6.07) is 10.6. The van der Waals surface area contributed by atoms with Gasteiger partial charge in [0, 0.05) is 36.5 Å². The van der Waals surface area contributed by atoms with E-state index in [4.69, 9.17) is 4.74 Å².